The van der Waals surface area contributed by atoms with E-state index in [1.165, 1.54) is 12.1 Å². The summed E-state index contributed by atoms with van der Waals surface area (Å²) in [6.07, 6.45) is 0. The molecule has 7 heteroatoms. The Bertz CT molecular complexity index is 591. The summed E-state index contributed by atoms with van der Waals surface area (Å²) in [5.41, 5.74) is 1.65. The number of benzene rings is 2. The Balaban J connectivity index is 0.000000219. The van der Waals surface area contributed by atoms with Crippen molar-refractivity contribution in [3.8, 4) is 11.5 Å². The maximum atomic E-state index is 9.78. The Kier molecular flexibility index (Phi) is 7.03. The second-order valence-electron chi connectivity index (χ2n) is 3.97. The van der Waals surface area contributed by atoms with Crippen LogP contribution in [-0.2, 0) is 16.8 Å². The fourth-order valence-corrected chi connectivity index (χ4v) is 1.76. The van der Waals surface area contributed by atoms with Crippen LogP contribution in [0.25, 0.3) is 0 Å². The van der Waals surface area contributed by atoms with Crippen molar-refractivity contribution in [1.29, 1.82) is 0 Å². The molecule has 0 radical (unpaired) electrons. The Morgan fingerprint density at radius 1 is 1.05 bits per heavy atom. The van der Waals surface area contributed by atoms with Gasteiger partial charge in [0.2, 0.25) is 0 Å². The van der Waals surface area contributed by atoms with Crippen molar-refractivity contribution in [2.45, 2.75) is 11.9 Å². The quantitative estimate of drug-likeness (QED) is 0.498. The average molecular weight is 356 g/mol. The monoisotopic (exact) mass is 355 g/mol. The Labute approximate surface area is 129 Å². The smallest absolute Gasteiger partial charge is 0.294 e. The van der Waals surface area contributed by atoms with Crippen LogP contribution in [0.3, 0.4) is 0 Å². The lowest BCUT2D eigenvalue weighted by Gasteiger charge is -1.98. The van der Waals surface area contributed by atoms with Crippen LogP contribution in [0.4, 0.5) is 0 Å². The van der Waals surface area contributed by atoms with Crippen molar-refractivity contribution < 1.29 is 20.1 Å². The zero-order chi connectivity index (χ0) is 15.7. The number of phenolic OH excluding ortho intramolecular Hbond substituents is 2. The summed E-state index contributed by atoms with van der Waals surface area (Å²) < 4.78 is 0. The lowest BCUT2D eigenvalue weighted by atomic mass is 10.2. The molecule has 0 aliphatic rings. The normalized spacial score (nSPS) is 9.38. The standard InChI is InChI=1S/C7H7BrO.C7H7NO4/c8-5-6-2-1-3-7(9)4-6;9-7-3-1-2-6(4-7)5-12-8(10)11/h1-4,9H,5H2;1-4,9H,5H2. The topological polar surface area (TPSA) is 92.8 Å². The lowest BCUT2D eigenvalue weighted by molar-refractivity contribution is -0.763. The number of aromatic hydroxyl groups is 2. The van der Waals surface area contributed by atoms with Crippen LogP contribution < -0.4 is 0 Å². The highest BCUT2D eigenvalue weighted by Crippen LogP contribution is 2.13. The average Bonchev–Trinajstić information content (AvgIpc) is 2.46. The highest BCUT2D eigenvalue weighted by Gasteiger charge is 1.97. The third kappa shape index (κ3) is 7.17. The van der Waals surface area contributed by atoms with E-state index < -0.39 is 5.09 Å². The summed E-state index contributed by atoms with van der Waals surface area (Å²) >= 11 is 3.28. The van der Waals surface area contributed by atoms with E-state index in [0.29, 0.717) is 11.3 Å². The Hall–Kier alpha value is -2.28. The molecule has 0 aromatic heterocycles. The fraction of sp³-hybridized carbons (Fsp3) is 0.143. The molecule has 0 unspecified atom stereocenters. The molecule has 21 heavy (non-hydrogen) atoms. The molecule has 2 rings (SSSR count). The van der Waals surface area contributed by atoms with E-state index in [1.54, 1.807) is 24.3 Å². The summed E-state index contributed by atoms with van der Waals surface area (Å²) in [5, 5.41) is 27.6. The SMILES string of the molecule is O=[N+]([O-])OCc1cccc(O)c1.Oc1cccc(CBr)c1. The summed E-state index contributed by atoms with van der Waals surface area (Å²) in [4.78, 5) is 13.9. The van der Waals surface area contributed by atoms with E-state index >= 15 is 0 Å². The van der Waals surface area contributed by atoms with E-state index in [2.05, 4.69) is 20.8 Å². The summed E-state index contributed by atoms with van der Waals surface area (Å²) in [5.74, 6) is 0.395. The lowest BCUT2D eigenvalue weighted by Crippen LogP contribution is -1.99. The van der Waals surface area contributed by atoms with Crippen LogP contribution >= 0.6 is 15.9 Å². The van der Waals surface area contributed by atoms with Gasteiger partial charge >= 0.3 is 0 Å². The van der Waals surface area contributed by atoms with Gasteiger partial charge in [-0.15, -0.1) is 10.1 Å². The minimum absolute atomic E-state index is 0.0689. The minimum atomic E-state index is -0.871. The summed E-state index contributed by atoms with van der Waals surface area (Å²) in [6, 6.07) is 13.3. The van der Waals surface area contributed by atoms with Crippen LogP contribution in [0.5, 0.6) is 11.5 Å². The van der Waals surface area contributed by atoms with Gasteiger partial charge in [-0.3, -0.25) is 0 Å². The second kappa shape index (κ2) is 8.80. The predicted molar refractivity (Wildman–Crippen MR) is 80.6 cm³/mol. The molecule has 0 aliphatic heterocycles. The first kappa shape index (κ1) is 16.8. The van der Waals surface area contributed by atoms with Crippen molar-refractivity contribution in [2.75, 3.05) is 0 Å². The first-order valence-corrected chi connectivity index (χ1v) is 7.02. The molecule has 0 amide bonds. The van der Waals surface area contributed by atoms with E-state index in [-0.39, 0.29) is 12.4 Å². The zero-order valence-electron chi connectivity index (χ0n) is 11.0. The maximum absolute atomic E-state index is 9.78. The number of rotatable bonds is 4. The summed E-state index contributed by atoms with van der Waals surface area (Å²) in [6.45, 7) is -0.138. The molecule has 2 N–H and O–H groups in total. The van der Waals surface area contributed by atoms with Crippen molar-refractivity contribution in [3.05, 3.63) is 69.8 Å². The zero-order valence-corrected chi connectivity index (χ0v) is 12.6. The highest BCUT2D eigenvalue weighted by molar-refractivity contribution is 9.08. The highest BCUT2D eigenvalue weighted by atomic mass is 79.9. The van der Waals surface area contributed by atoms with Crippen LogP contribution in [0.2, 0.25) is 0 Å². The summed E-state index contributed by atoms with van der Waals surface area (Å²) in [7, 11) is 0. The second-order valence-corrected chi connectivity index (χ2v) is 4.53. The van der Waals surface area contributed by atoms with E-state index in [0.717, 1.165) is 10.9 Å². The first-order valence-electron chi connectivity index (χ1n) is 5.90. The number of hydrogen-bond donors (Lipinski definition) is 2. The predicted octanol–water partition coefficient (Wildman–Crippen LogP) is 3.39. The molecule has 2 aromatic carbocycles. The molecule has 0 bridgehead atoms. The molecular formula is C14H14BrNO5. The minimum Gasteiger partial charge on any atom is -0.508 e. The molecule has 0 spiro atoms. The first-order chi connectivity index (χ1) is 10.0. The largest absolute Gasteiger partial charge is 0.508 e. The molecule has 2 aromatic rings. The fourth-order valence-electron chi connectivity index (χ4n) is 1.41. The number of halogens is 1. The van der Waals surface area contributed by atoms with E-state index in [9.17, 15) is 10.1 Å². The van der Waals surface area contributed by atoms with Crippen LogP contribution in [-0.4, -0.2) is 15.3 Å². The van der Waals surface area contributed by atoms with Gasteiger partial charge in [-0.2, -0.15) is 0 Å². The Morgan fingerprint density at radius 2 is 1.57 bits per heavy atom. The molecule has 0 aliphatic carbocycles. The molecular weight excluding hydrogens is 342 g/mol. The molecule has 6 nitrogen and oxygen atoms in total. The molecule has 0 atom stereocenters. The number of hydrogen-bond acceptors (Lipinski definition) is 5. The maximum Gasteiger partial charge on any atom is 0.294 e. The number of alkyl halides is 1. The van der Waals surface area contributed by atoms with Crippen LogP contribution in [0.1, 0.15) is 11.1 Å². The van der Waals surface area contributed by atoms with Gasteiger partial charge in [0.1, 0.15) is 18.1 Å². The number of nitrogens with zero attached hydrogens (tertiary/aromatic N) is 1. The molecule has 0 fully saturated rings. The van der Waals surface area contributed by atoms with Gasteiger partial charge in [-0.05, 0) is 35.4 Å². The van der Waals surface area contributed by atoms with Gasteiger partial charge in [-0.1, -0.05) is 40.2 Å². The van der Waals surface area contributed by atoms with Gasteiger partial charge in [0.05, 0.1) is 0 Å². The number of phenols is 2. The van der Waals surface area contributed by atoms with Crippen molar-refractivity contribution in [3.63, 3.8) is 0 Å². The molecule has 0 saturated heterocycles. The van der Waals surface area contributed by atoms with Gasteiger partial charge in [0.15, 0.2) is 0 Å². The molecule has 0 saturated carbocycles. The van der Waals surface area contributed by atoms with Crippen molar-refractivity contribution >= 4 is 15.9 Å². The van der Waals surface area contributed by atoms with Gasteiger partial charge in [0.25, 0.3) is 5.09 Å². The molecule has 0 heterocycles. The molecule has 112 valence electrons. The van der Waals surface area contributed by atoms with Crippen molar-refractivity contribution in [1.82, 2.24) is 0 Å². The van der Waals surface area contributed by atoms with Crippen molar-refractivity contribution in [2.24, 2.45) is 0 Å². The van der Waals surface area contributed by atoms with Crippen LogP contribution in [0, 0.1) is 10.1 Å². The van der Waals surface area contributed by atoms with Gasteiger partial charge in [-0.25, -0.2) is 0 Å². The Morgan fingerprint density at radius 3 is 2.00 bits per heavy atom. The van der Waals surface area contributed by atoms with Gasteiger partial charge < -0.3 is 15.1 Å². The third-order valence-electron chi connectivity index (χ3n) is 2.31. The van der Waals surface area contributed by atoms with Gasteiger partial charge in [0, 0.05) is 5.33 Å². The van der Waals surface area contributed by atoms with E-state index in [4.69, 9.17) is 10.2 Å². The van der Waals surface area contributed by atoms with Crippen LogP contribution in [0.15, 0.2) is 48.5 Å². The third-order valence-corrected chi connectivity index (χ3v) is 2.96. The van der Waals surface area contributed by atoms with E-state index in [1.807, 2.05) is 12.1 Å².